The molecule has 1 aromatic heterocycles. The van der Waals surface area contributed by atoms with E-state index in [4.69, 9.17) is 13.9 Å². The van der Waals surface area contributed by atoms with Crippen LogP contribution >= 0.6 is 0 Å². The Kier molecular flexibility index (Phi) is 7.35. The molecular weight excluding hydrogens is 320 g/mol. The second-order valence-electron chi connectivity index (χ2n) is 5.55. The number of hydrogen-bond donors (Lipinski definition) is 1. The summed E-state index contributed by atoms with van der Waals surface area (Å²) >= 11 is 0. The van der Waals surface area contributed by atoms with Gasteiger partial charge in [-0.1, -0.05) is 13.8 Å². The number of carbonyl (C=O) groups is 1. The molecular formula is C19H26N2O4. The van der Waals surface area contributed by atoms with Gasteiger partial charge in [-0.15, -0.1) is 0 Å². The highest BCUT2D eigenvalue weighted by Crippen LogP contribution is 2.30. The molecule has 136 valence electrons. The van der Waals surface area contributed by atoms with Crippen molar-refractivity contribution in [1.82, 2.24) is 4.90 Å². The lowest BCUT2D eigenvalue weighted by molar-refractivity contribution is -0.115. The molecule has 6 heteroatoms. The molecule has 1 heterocycles. The Hall–Kier alpha value is -2.47. The molecule has 0 saturated heterocycles. The molecule has 1 N–H and O–H groups in total. The van der Waals surface area contributed by atoms with Crippen molar-refractivity contribution in [3.05, 3.63) is 42.4 Å². The van der Waals surface area contributed by atoms with Crippen LogP contribution in [0.25, 0.3) is 0 Å². The van der Waals surface area contributed by atoms with Crippen LogP contribution in [0.15, 0.2) is 41.0 Å². The molecule has 0 bridgehead atoms. The third-order valence-corrected chi connectivity index (χ3v) is 3.92. The van der Waals surface area contributed by atoms with Gasteiger partial charge in [-0.25, -0.2) is 0 Å². The molecule has 0 aliphatic heterocycles. The van der Waals surface area contributed by atoms with Gasteiger partial charge < -0.3 is 24.1 Å². The first kappa shape index (κ1) is 18.9. The van der Waals surface area contributed by atoms with Gasteiger partial charge in [0.2, 0.25) is 5.91 Å². The average molecular weight is 346 g/mol. The summed E-state index contributed by atoms with van der Waals surface area (Å²) in [5.41, 5.74) is 0.662. The Morgan fingerprint density at radius 2 is 2.00 bits per heavy atom. The minimum absolute atomic E-state index is 0.144. The number of rotatable bonds is 10. The molecule has 2 rings (SSSR count). The largest absolute Gasteiger partial charge is 0.493 e. The normalized spacial score (nSPS) is 10.7. The molecule has 25 heavy (non-hydrogen) atoms. The van der Waals surface area contributed by atoms with Gasteiger partial charge in [-0.3, -0.25) is 4.79 Å². The van der Waals surface area contributed by atoms with Crippen molar-refractivity contribution in [1.29, 1.82) is 0 Å². The number of amides is 1. The average Bonchev–Trinajstić information content (AvgIpc) is 3.11. The number of nitrogens with zero attached hydrogens (tertiary/aromatic N) is 1. The second kappa shape index (κ2) is 9.74. The van der Waals surface area contributed by atoms with Crippen LogP contribution < -0.4 is 14.8 Å². The second-order valence-corrected chi connectivity index (χ2v) is 5.55. The lowest BCUT2D eigenvalue weighted by atomic mass is 10.2. The topological polar surface area (TPSA) is 63.9 Å². The van der Waals surface area contributed by atoms with E-state index in [0.717, 1.165) is 19.6 Å². The van der Waals surface area contributed by atoms with Gasteiger partial charge in [0.15, 0.2) is 11.5 Å². The standard InChI is InChI=1S/C19H26N2O4/c1-4-21(5-2)10-12-25-18-13-15(8-9-17(18)23-3)20-19(22)14-16-7-6-11-24-16/h6-9,11,13H,4-5,10,12,14H2,1-3H3,(H,20,22). The quantitative estimate of drug-likeness (QED) is 0.716. The zero-order valence-corrected chi connectivity index (χ0v) is 15.1. The molecule has 1 aromatic carbocycles. The predicted molar refractivity (Wildman–Crippen MR) is 97.3 cm³/mol. The Labute approximate surface area is 148 Å². The highest BCUT2D eigenvalue weighted by molar-refractivity contribution is 5.92. The number of benzene rings is 1. The fraction of sp³-hybridized carbons (Fsp3) is 0.421. The summed E-state index contributed by atoms with van der Waals surface area (Å²) in [4.78, 5) is 14.4. The number of carbonyl (C=O) groups excluding carboxylic acids is 1. The third-order valence-electron chi connectivity index (χ3n) is 3.92. The monoisotopic (exact) mass is 346 g/mol. The number of anilines is 1. The van der Waals surface area contributed by atoms with E-state index in [0.29, 0.717) is 29.6 Å². The van der Waals surface area contributed by atoms with Crippen LogP contribution in [0.4, 0.5) is 5.69 Å². The number of ether oxygens (including phenoxy) is 2. The van der Waals surface area contributed by atoms with Gasteiger partial charge in [0, 0.05) is 18.3 Å². The highest BCUT2D eigenvalue weighted by Gasteiger charge is 2.10. The first-order valence-corrected chi connectivity index (χ1v) is 8.51. The summed E-state index contributed by atoms with van der Waals surface area (Å²) in [6.45, 7) is 7.62. The highest BCUT2D eigenvalue weighted by atomic mass is 16.5. The molecule has 0 radical (unpaired) electrons. The van der Waals surface area contributed by atoms with Gasteiger partial charge in [0.1, 0.15) is 12.4 Å². The number of likely N-dealkylation sites (N-methyl/N-ethyl adjacent to an activating group) is 1. The Bertz CT molecular complexity index is 651. The molecule has 0 unspecified atom stereocenters. The summed E-state index contributed by atoms with van der Waals surface area (Å²) in [5.74, 6) is 1.74. The maximum Gasteiger partial charge on any atom is 0.231 e. The first-order valence-electron chi connectivity index (χ1n) is 8.51. The van der Waals surface area contributed by atoms with E-state index >= 15 is 0 Å². The van der Waals surface area contributed by atoms with E-state index in [2.05, 4.69) is 24.1 Å². The summed E-state index contributed by atoms with van der Waals surface area (Å²) < 4.78 is 16.4. The lowest BCUT2D eigenvalue weighted by Gasteiger charge is -2.19. The van der Waals surface area contributed by atoms with Crippen LogP contribution in [0.3, 0.4) is 0 Å². The van der Waals surface area contributed by atoms with Crippen molar-refractivity contribution in [2.45, 2.75) is 20.3 Å². The van der Waals surface area contributed by atoms with Crippen LogP contribution in [-0.4, -0.2) is 44.2 Å². The third kappa shape index (κ3) is 5.83. The summed E-state index contributed by atoms with van der Waals surface area (Å²) in [5, 5.41) is 2.85. The molecule has 0 atom stereocenters. The van der Waals surface area contributed by atoms with Gasteiger partial charge >= 0.3 is 0 Å². The minimum Gasteiger partial charge on any atom is -0.493 e. The van der Waals surface area contributed by atoms with Crippen molar-refractivity contribution in [3.8, 4) is 11.5 Å². The number of furan rings is 1. The van der Waals surface area contributed by atoms with E-state index < -0.39 is 0 Å². The smallest absolute Gasteiger partial charge is 0.231 e. The van der Waals surface area contributed by atoms with Crippen LogP contribution in [0.5, 0.6) is 11.5 Å². The molecule has 2 aromatic rings. The van der Waals surface area contributed by atoms with Crippen molar-refractivity contribution >= 4 is 11.6 Å². The zero-order valence-electron chi connectivity index (χ0n) is 15.1. The molecule has 0 saturated carbocycles. The van der Waals surface area contributed by atoms with E-state index in [1.807, 2.05) is 0 Å². The predicted octanol–water partition coefficient (Wildman–Crippen LogP) is 3.19. The number of methoxy groups -OCH3 is 1. The summed E-state index contributed by atoms with van der Waals surface area (Å²) in [6, 6.07) is 8.89. The van der Waals surface area contributed by atoms with Crippen LogP contribution in [0.2, 0.25) is 0 Å². The van der Waals surface area contributed by atoms with Crippen molar-refractivity contribution in [3.63, 3.8) is 0 Å². The fourth-order valence-electron chi connectivity index (χ4n) is 2.47. The van der Waals surface area contributed by atoms with E-state index in [1.165, 1.54) is 0 Å². The summed E-state index contributed by atoms with van der Waals surface area (Å²) in [7, 11) is 1.60. The van der Waals surface area contributed by atoms with Crippen LogP contribution in [-0.2, 0) is 11.2 Å². The maximum atomic E-state index is 12.1. The van der Waals surface area contributed by atoms with Crippen LogP contribution in [0.1, 0.15) is 19.6 Å². The number of hydrogen-bond acceptors (Lipinski definition) is 5. The first-order chi connectivity index (χ1) is 12.2. The van der Waals surface area contributed by atoms with Crippen molar-refractivity contribution in [2.24, 2.45) is 0 Å². The molecule has 0 spiro atoms. The molecule has 1 amide bonds. The van der Waals surface area contributed by atoms with Crippen LogP contribution in [0, 0.1) is 0 Å². The molecule has 0 fully saturated rings. The van der Waals surface area contributed by atoms with E-state index in [9.17, 15) is 4.79 Å². The van der Waals surface area contributed by atoms with Gasteiger partial charge in [-0.2, -0.15) is 0 Å². The zero-order chi connectivity index (χ0) is 18.1. The minimum atomic E-state index is -0.144. The van der Waals surface area contributed by atoms with Gasteiger partial charge in [0.05, 0.1) is 19.8 Å². The Morgan fingerprint density at radius 3 is 2.64 bits per heavy atom. The molecule has 0 aliphatic carbocycles. The lowest BCUT2D eigenvalue weighted by Crippen LogP contribution is -2.28. The van der Waals surface area contributed by atoms with Gasteiger partial charge in [-0.05, 0) is 37.4 Å². The van der Waals surface area contributed by atoms with Crippen molar-refractivity contribution < 1.29 is 18.7 Å². The Balaban J connectivity index is 1.96. The SMILES string of the molecule is CCN(CC)CCOc1cc(NC(=O)Cc2ccco2)ccc1OC. The fourth-order valence-corrected chi connectivity index (χ4v) is 2.47. The molecule has 0 aliphatic rings. The maximum absolute atomic E-state index is 12.1. The van der Waals surface area contributed by atoms with Crippen molar-refractivity contribution in [2.75, 3.05) is 38.7 Å². The van der Waals surface area contributed by atoms with E-state index in [1.54, 1.807) is 43.7 Å². The summed E-state index contributed by atoms with van der Waals surface area (Å²) in [6.07, 6.45) is 1.75. The Morgan fingerprint density at radius 1 is 1.20 bits per heavy atom. The van der Waals surface area contributed by atoms with E-state index in [-0.39, 0.29) is 12.3 Å². The molecule has 6 nitrogen and oxygen atoms in total. The van der Waals surface area contributed by atoms with Gasteiger partial charge in [0.25, 0.3) is 0 Å². The number of nitrogens with one attached hydrogen (secondary N) is 1.